The lowest BCUT2D eigenvalue weighted by atomic mass is 10.2. The van der Waals surface area contributed by atoms with Gasteiger partial charge < -0.3 is 5.11 Å². The lowest BCUT2D eigenvalue weighted by Gasteiger charge is -1.96. The van der Waals surface area contributed by atoms with E-state index in [-0.39, 0.29) is 5.57 Å². The van der Waals surface area contributed by atoms with E-state index >= 15 is 0 Å². The van der Waals surface area contributed by atoms with E-state index in [1.54, 1.807) is 0 Å². The van der Waals surface area contributed by atoms with Gasteiger partial charge in [0.25, 0.3) is 5.70 Å². The molecule has 0 spiro atoms. The van der Waals surface area contributed by atoms with Gasteiger partial charge in [-0.05, 0) is 6.92 Å². The zero-order valence-electron chi connectivity index (χ0n) is 7.06. The summed E-state index contributed by atoms with van der Waals surface area (Å²) in [5, 5.41) is 19.0. The van der Waals surface area contributed by atoms with E-state index in [1.807, 2.05) is 0 Å². The van der Waals surface area contributed by atoms with Crippen molar-refractivity contribution in [3.63, 3.8) is 0 Å². The van der Waals surface area contributed by atoms with Gasteiger partial charge in [0.2, 0.25) is 0 Å². The Morgan fingerprint density at radius 3 is 2.38 bits per heavy atom. The Labute approximate surface area is 74.8 Å². The molecule has 0 unspecified atom stereocenters. The zero-order valence-corrected chi connectivity index (χ0v) is 7.06. The molecule has 13 heavy (non-hydrogen) atoms. The van der Waals surface area contributed by atoms with Crippen LogP contribution >= 0.6 is 0 Å². The van der Waals surface area contributed by atoms with Gasteiger partial charge in [-0.15, -0.1) is 0 Å². The Morgan fingerprint density at radius 2 is 2.15 bits per heavy atom. The van der Waals surface area contributed by atoms with E-state index in [9.17, 15) is 14.9 Å². The molecule has 0 aliphatic heterocycles. The number of carboxylic acids is 1. The van der Waals surface area contributed by atoms with Crippen molar-refractivity contribution in [3.05, 3.63) is 46.2 Å². The summed E-state index contributed by atoms with van der Waals surface area (Å²) < 4.78 is 0. The largest absolute Gasteiger partial charge is 0.477 e. The first-order chi connectivity index (χ1) is 6.04. The normalized spacial score (nSPS) is 12.4. The molecular formula is C8H9NO4. The van der Waals surface area contributed by atoms with Crippen LogP contribution in [0.4, 0.5) is 0 Å². The van der Waals surface area contributed by atoms with E-state index in [2.05, 4.69) is 6.58 Å². The Balaban J connectivity index is 5.17. The lowest BCUT2D eigenvalue weighted by molar-refractivity contribution is -0.420. The lowest BCUT2D eigenvalue weighted by Crippen LogP contribution is -2.10. The number of nitro groups is 1. The van der Waals surface area contributed by atoms with Crippen molar-refractivity contribution >= 4 is 5.97 Å². The first-order valence-corrected chi connectivity index (χ1v) is 3.41. The molecule has 0 bridgehead atoms. The minimum Gasteiger partial charge on any atom is -0.477 e. The van der Waals surface area contributed by atoms with Crippen LogP contribution in [0, 0.1) is 10.1 Å². The maximum atomic E-state index is 10.5. The maximum Gasteiger partial charge on any atom is 0.342 e. The van der Waals surface area contributed by atoms with Crippen LogP contribution in [0.25, 0.3) is 0 Å². The standard InChI is InChI=1S/C8H9NO4/c1-3-5-7(9(12)13)6(4-2)8(10)11/h3-5H,1H2,2H3,(H,10,11)/b6-4+,7-5+. The van der Waals surface area contributed by atoms with Gasteiger partial charge in [0.05, 0.1) is 4.92 Å². The number of carboxylic acid groups (broad SMARTS) is 1. The summed E-state index contributed by atoms with van der Waals surface area (Å²) in [4.78, 5) is 20.1. The topological polar surface area (TPSA) is 80.4 Å². The molecule has 70 valence electrons. The van der Waals surface area contributed by atoms with Gasteiger partial charge in [0.15, 0.2) is 0 Å². The third-order valence-corrected chi connectivity index (χ3v) is 1.27. The predicted molar refractivity (Wildman–Crippen MR) is 46.7 cm³/mol. The molecule has 0 rings (SSSR count). The summed E-state index contributed by atoms with van der Waals surface area (Å²) >= 11 is 0. The number of nitrogens with zero attached hydrogens (tertiary/aromatic N) is 1. The molecule has 1 N–H and O–H groups in total. The van der Waals surface area contributed by atoms with Crippen LogP contribution in [-0.2, 0) is 4.79 Å². The zero-order chi connectivity index (χ0) is 10.4. The van der Waals surface area contributed by atoms with Crippen LogP contribution in [0.15, 0.2) is 36.1 Å². The van der Waals surface area contributed by atoms with Gasteiger partial charge in [-0.1, -0.05) is 18.7 Å². The Kier molecular flexibility index (Phi) is 4.15. The van der Waals surface area contributed by atoms with E-state index in [0.29, 0.717) is 0 Å². The molecule has 0 fully saturated rings. The smallest absolute Gasteiger partial charge is 0.342 e. The summed E-state index contributed by atoms with van der Waals surface area (Å²) in [7, 11) is 0. The Bertz CT molecular complexity index is 301. The maximum absolute atomic E-state index is 10.5. The highest BCUT2D eigenvalue weighted by Gasteiger charge is 2.21. The fourth-order valence-corrected chi connectivity index (χ4v) is 0.742. The minimum absolute atomic E-state index is 0.343. The fraction of sp³-hybridized carbons (Fsp3) is 0.125. The molecule has 5 heteroatoms. The summed E-state index contributed by atoms with van der Waals surface area (Å²) in [5.74, 6) is -1.33. The Hall–Kier alpha value is -1.91. The molecule has 0 aromatic heterocycles. The fourth-order valence-electron chi connectivity index (χ4n) is 0.742. The number of allylic oxidation sites excluding steroid dienone is 3. The number of carbonyl (C=O) groups is 1. The van der Waals surface area contributed by atoms with E-state index in [4.69, 9.17) is 5.11 Å². The molecule has 0 saturated carbocycles. The first kappa shape index (κ1) is 11.1. The van der Waals surface area contributed by atoms with Gasteiger partial charge in [-0.25, -0.2) is 4.79 Å². The predicted octanol–water partition coefficient (Wildman–Crippen LogP) is 1.36. The average molecular weight is 183 g/mol. The van der Waals surface area contributed by atoms with Crippen molar-refractivity contribution in [1.29, 1.82) is 0 Å². The summed E-state index contributed by atoms with van der Waals surface area (Å²) in [6.45, 7) is 4.68. The quantitative estimate of drug-likeness (QED) is 0.309. The second-order valence-corrected chi connectivity index (χ2v) is 2.05. The van der Waals surface area contributed by atoms with Gasteiger partial charge in [0.1, 0.15) is 5.57 Å². The molecule has 0 aliphatic carbocycles. The van der Waals surface area contributed by atoms with Crippen molar-refractivity contribution in [3.8, 4) is 0 Å². The first-order valence-electron chi connectivity index (χ1n) is 3.41. The van der Waals surface area contributed by atoms with Crippen molar-refractivity contribution in [2.24, 2.45) is 0 Å². The number of aliphatic carboxylic acids is 1. The van der Waals surface area contributed by atoms with Crippen LogP contribution in [0.5, 0.6) is 0 Å². The van der Waals surface area contributed by atoms with Crippen molar-refractivity contribution in [1.82, 2.24) is 0 Å². The van der Waals surface area contributed by atoms with Crippen LogP contribution in [-0.4, -0.2) is 16.0 Å². The van der Waals surface area contributed by atoms with Gasteiger partial charge in [0, 0.05) is 6.08 Å². The van der Waals surface area contributed by atoms with Gasteiger partial charge in [-0.2, -0.15) is 0 Å². The summed E-state index contributed by atoms with van der Waals surface area (Å²) in [6, 6.07) is 0. The molecule has 5 nitrogen and oxygen atoms in total. The Morgan fingerprint density at radius 1 is 1.62 bits per heavy atom. The molecule has 0 amide bonds. The van der Waals surface area contributed by atoms with Crippen LogP contribution in [0.3, 0.4) is 0 Å². The molecule has 0 saturated heterocycles. The molecule has 0 atom stereocenters. The van der Waals surface area contributed by atoms with E-state index in [0.717, 1.165) is 6.08 Å². The second-order valence-electron chi connectivity index (χ2n) is 2.05. The SMILES string of the molecule is C=C/C=C(\C(=C/C)C(=O)O)[N+](=O)[O-]. The minimum atomic E-state index is -1.33. The van der Waals surface area contributed by atoms with E-state index < -0.39 is 16.6 Å². The molecule has 0 aromatic carbocycles. The summed E-state index contributed by atoms with van der Waals surface area (Å²) in [5.41, 5.74) is -0.810. The molecule has 0 heterocycles. The number of rotatable bonds is 4. The number of hydrogen-bond acceptors (Lipinski definition) is 3. The van der Waals surface area contributed by atoms with Crippen molar-refractivity contribution in [2.75, 3.05) is 0 Å². The highest BCUT2D eigenvalue weighted by molar-refractivity contribution is 5.90. The van der Waals surface area contributed by atoms with E-state index in [1.165, 1.54) is 19.1 Å². The van der Waals surface area contributed by atoms with Crippen LogP contribution < -0.4 is 0 Å². The monoisotopic (exact) mass is 183 g/mol. The van der Waals surface area contributed by atoms with Crippen molar-refractivity contribution in [2.45, 2.75) is 6.92 Å². The second kappa shape index (κ2) is 4.87. The number of hydrogen-bond donors (Lipinski definition) is 1. The highest BCUT2D eigenvalue weighted by Crippen LogP contribution is 2.10. The van der Waals surface area contributed by atoms with Gasteiger partial charge >= 0.3 is 5.97 Å². The van der Waals surface area contributed by atoms with Crippen molar-refractivity contribution < 1.29 is 14.8 Å². The third-order valence-electron chi connectivity index (χ3n) is 1.27. The molecule has 0 aliphatic rings. The van der Waals surface area contributed by atoms with Crippen LogP contribution in [0.2, 0.25) is 0 Å². The van der Waals surface area contributed by atoms with Crippen LogP contribution in [0.1, 0.15) is 6.92 Å². The molecular weight excluding hydrogens is 174 g/mol. The third kappa shape index (κ3) is 2.90. The highest BCUT2D eigenvalue weighted by atomic mass is 16.6. The van der Waals surface area contributed by atoms with Gasteiger partial charge in [-0.3, -0.25) is 10.1 Å². The molecule has 0 aromatic rings. The molecule has 0 radical (unpaired) electrons. The summed E-state index contributed by atoms with van der Waals surface area (Å²) in [6.07, 6.45) is 3.38. The average Bonchev–Trinajstić information content (AvgIpc) is 2.03.